The maximum atomic E-state index is 12.6. The molecule has 1 aliphatic rings. The lowest BCUT2D eigenvalue weighted by molar-refractivity contribution is -0.123. The van der Waals surface area contributed by atoms with Gasteiger partial charge in [0.25, 0.3) is 5.91 Å². The van der Waals surface area contributed by atoms with Crippen molar-refractivity contribution >= 4 is 11.8 Å². The molecule has 3 rings (SSSR count). The topological polar surface area (TPSA) is 92.1 Å². The molecule has 0 aliphatic carbocycles. The van der Waals surface area contributed by atoms with Crippen LogP contribution in [0.1, 0.15) is 28.9 Å². The molecule has 6 heteroatoms. The predicted molar refractivity (Wildman–Crippen MR) is 86.6 cm³/mol. The fraction of sp³-hybridized carbons (Fsp3) is 0.353. The van der Waals surface area contributed by atoms with Gasteiger partial charge < -0.3 is 10.6 Å². The molecule has 1 saturated heterocycles. The lowest BCUT2D eigenvalue weighted by atomic mass is 9.97. The molecule has 0 bridgehead atoms. The Labute approximate surface area is 134 Å². The summed E-state index contributed by atoms with van der Waals surface area (Å²) in [5.41, 5.74) is 8.66. The molecule has 6 nitrogen and oxygen atoms in total. The number of aryl methyl sites for hydroxylation is 1. The fourth-order valence-electron chi connectivity index (χ4n) is 2.87. The van der Waals surface area contributed by atoms with E-state index in [-0.39, 0.29) is 17.7 Å². The zero-order valence-electron chi connectivity index (χ0n) is 13.1. The number of piperidine rings is 1. The van der Waals surface area contributed by atoms with Gasteiger partial charge in [0.05, 0.1) is 11.6 Å². The standard InChI is InChI=1S/C17H20N4O2/c1-11-4-6-12(7-5-11)14-9-15(20-19-14)17(23)21-8-2-3-13(10-21)16(18)22/h4-7,9,13H,2-3,8,10H2,1H3,(H2,18,22)(H,19,20). The average molecular weight is 312 g/mol. The number of likely N-dealkylation sites (tertiary alicyclic amines) is 1. The first-order chi connectivity index (χ1) is 11.0. The zero-order chi connectivity index (χ0) is 16.4. The number of rotatable bonds is 3. The number of aromatic nitrogens is 2. The van der Waals surface area contributed by atoms with Crippen molar-refractivity contribution in [1.29, 1.82) is 0 Å². The summed E-state index contributed by atoms with van der Waals surface area (Å²) in [5, 5.41) is 7.02. The Hall–Kier alpha value is -2.63. The first kappa shape index (κ1) is 15.3. The quantitative estimate of drug-likeness (QED) is 0.904. The van der Waals surface area contributed by atoms with Gasteiger partial charge >= 0.3 is 0 Å². The molecule has 2 amide bonds. The van der Waals surface area contributed by atoms with Crippen LogP contribution >= 0.6 is 0 Å². The van der Waals surface area contributed by atoms with E-state index >= 15 is 0 Å². The van der Waals surface area contributed by atoms with Crippen LogP contribution in [0.2, 0.25) is 0 Å². The minimum Gasteiger partial charge on any atom is -0.369 e. The molecule has 120 valence electrons. The van der Waals surface area contributed by atoms with Crippen molar-refractivity contribution in [2.45, 2.75) is 19.8 Å². The molecule has 1 fully saturated rings. The van der Waals surface area contributed by atoms with Gasteiger partial charge in [-0.25, -0.2) is 0 Å². The molecule has 1 atom stereocenters. The van der Waals surface area contributed by atoms with E-state index in [1.807, 2.05) is 31.2 Å². The third kappa shape index (κ3) is 3.26. The summed E-state index contributed by atoms with van der Waals surface area (Å²) >= 11 is 0. The Bertz CT molecular complexity index is 720. The number of benzene rings is 1. The van der Waals surface area contributed by atoms with Crippen LogP contribution < -0.4 is 5.73 Å². The highest BCUT2D eigenvalue weighted by Gasteiger charge is 2.28. The first-order valence-electron chi connectivity index (χ1n) is 7.75. The van der Waals surface area contributed by atoms with Crippen molar-refractivity contribution in [3.8, 4) is 11.3 Å². The number of amides is 2. The number of carbonyl (C=O) groups excluding carboxylic acids is 2. The van der Waals surface area contributed by atoms with Gasteiger partial charge in [0.1, 0.15) is 5.69 Å². The highest BCUT2D eigenvalue weighted by molar-refractivity contribution is 5.94. The molecule has 1 unspecified atom stereocenters. The number of nitrogens with one attached hydrogen (secondary N) is 1. The zero-order valence-corrected chi connectivity index (χ0v) is 13.1. The van der Waals surface area contributed by atoms with Crippen LogP contribution in [-0.4, -0.2) is 40.0 Å². The van der Waals surface area contributed by atoms with Crippen molar-refractivity contribution in [3.63, 3.8) is 0 Å². The molecular weight excluding hydrogens is 292 g/mol. The number of H-pyrrole nitrogens is 1. The van der Waals surface area contributed by atoms with E-state index < -0.39 is 0 Å². The van der Waals surface area contributed by atoms with E-state index in [9.17, 15) is 9.59 Å². The summed E-state index contributed by atoms with van der Waals surface area (Å²) in [6.07, 6.45) is 1.54. The molecule has 3 N–H and O–H groups in total. The molecule has 0 spiro atoms. The number of hydrogen-bond acceptors (Lipinski definition) is 3. The maximum absolute atomic E-state index is 12.6. The number of carbonyl (C=O) groups is 2. The fourth-order valence-corrected chi connectivity index (χ4v) is 2.87. The van der Waals surface area contributed by atoms with Crippen molar-refractivity contribution in [2.24, 2.45) is 11.7 Å². The molecule has 1 aliphatic heterocycles. The minimum atomic E-state index is -0.340. The number of hydrogen-bond donors (Lipinski definition) is 2. The van der Waals surface area contributed by atoms with Crippen LogP contribution in [-0.2, 0) is 4.79 Å². The summed E-state index contributed by atoms with van der Waals surface area (Å²) in [7, 11) is 0. The molecule has 1 aromatic carbocycles. The number of aromatic amines is 1. The summed E-state index contributed by atoms with van der Waals surface area (Å²) in [6.45, 7) is 3.04. The van der Waals surface area contributed by atoms with Gasteiger partial charge in [-0.3, -0.25) is 14.7 Å². The van der Waals surface area contributed by atoms with Crippen LogP contribution in [0.4, 0.5) is 0 Å². The van der Waals surface area contributed by atoms with Crippen molar-refractivity contribution in [2.75, 3.05) is 13.1 Å². The van der Waals surface area contributed by atoms with Crippen molar-refractivity contribution < 1.29 is 9.59 Å². The predicted octanol–water partition coefficient (Wildman–Crippen LogP) is 1.72. The monoisotopic (exact) mass is 312 g/mol. The highest BCUT2D eigenvalue weighted by atomic mass is 16.2. The number of nitrogens with zero attached hydrogens (tertiary/aromatic N) is 2. The van der Waals surface area contributed by atoms with Gasteiger partial charge in [0.2, 0.25) is 5.91 Å². The summed E-state index contributed by atoms with van der Waals surface area (Å²) in [4.78, 5) is 25.6. The second-order valence-electron chi connectivity index (χ2n) is 6.03. The molecular formula is C17H20N4O2. The SMILES string of the molecule is Cc1ccc(-c2cc(C(=O)N3CCCC(C(N)=O)C3)[nH]n2)cc1. The second kappa shape index (κ2) is 6.24. The minimum absolute atomic E-state index is 0.137. The largest absolute Gasteiger partial charge is 0.369 e. The third-order valence-corrected chi connectivity index (χ3v) is 4.27. The molecule has 2 aromatic rings. The van der Waals surface area contributed by atoms with Crippen LogP contribution in [0, 0.1) is 12.8 Å². The van der Waals surface area contributed by atoms with Gasteiger partial charge in [-0.1, -0.05) is 29.8 Å². The van der Waals surface area contributed by atoms with Crippen LogP contribution in [0.15, 0.2) is 30.3 Å². The van der Waals surface area contributed by atoms with Crippen LogP contribution in [0.5, 0.6) is 0 Å². The molecule has 0 saturated carbocycles. The first-order valence-corrected chi connectivity index (χ1v) is 7.75. The average Bonchev–Trinajstić information content (AvgIpc) is 3.05. The van der Waals surface area contributed by atoms with Gasteiger partial charge in [0, 0.05) is 18.7 Å². The van der Waals surface area contributed by atoms with Crippen LogP contribution in [0.3, 0.4) is 0 Å². The van der Waals surface area contributed by atoms with Gasteiger partial charge in [-0.15, -0.1) is 0 Å². The highest BCUT2D eigenvalue weighted by Crippen LogP contribution is 2.21. The van der Waals surface area contributed by atoms with Gasteiger partial charge in [0.15, 0.2) is 0 Å². The van der Waals surface area contributed by atoms with Crippen LogP contribution in [0.25, 0.3) is 11.3 Å². The molecule has 0 radical (unpaired) electrons. The summed E-state index contributed by atoms with van der Waals surface area (Å²) < 4.78 is 0. The van der Waals surface area contributed by atoms with Crippen molar-refractivity contribution in [3.05, 3.63) is 41.6 Å². The third-order valence-electron chi connectivity index (χ3n) is 4.27. The van der Waals surface area contributed by atoms with Crippen molar-refractivity contribution in [1.82, 2.24) is 15.1 Å². The van der Waals surface area contributed by atoms with E-state index in [1.54, 1.807) is 11.0 Å². The Morgan fingerprint density at radius 2 is 2.04 bits per heavy atom. The van der Waals surface area contributed by atoms with Gasteiger partial charge in [-0.2, -0.15) is 5.10 Å². The lowest BCUT2D eigenvalue weighted by Gasteiger charge is -2.30. The molecule has 23 heavy (non-hydrogen) atoms. The molecule has 1 aromatic heterocycles. The Balaban J connectivity index is 1.75. The van der Waals surface area contributed by atoms with E-state index in [1.165, 1.54) is 5.56 Å². The van der Waals surface area contributed by atoms with E-state index in [2.05, 4.69) is 10.2 Å². The van der Waals surface area contributed by atoms with E-state index in [0.717, 1.165) is 24.1 Å². The van der Waals surface area contributed by atoms with E-state index in [0.29, 0.717) is 18.8 Å². The molecule has 2 heterocycles. The Kier molecular flexibility index (Phi) is 4.14. The number of primary amides is 1. The summed E-state index contributed by atoms with van der Waals surface area (Å²) in [5.74, 6) is -0.735. The smallest absolute Gasteiger partial charge is 0.271 e. The van der Waals surface area contributed by atoms with Gasteiger partial charge in [-0.05, 0) is 25.8 Å². The number of nitrogens with two attached hydrogens (primary N) is 1. The Morgan fingerprint density at radius 3 is 2.74 bits per heavy atom. The Morgan fingerprint density at radius 1 is 1.30 bits per heavy atom. The lowest BCUT2D eigenvalue weighted by Crippen LogP contribution is -2.44. The second-order valence-corrected chi connectivity index (χ2v) is 6.03. The van der Waals surface area contributed by atoms with E-state index in [4.69, 9.17) is 5.73 Å². The normalized spacial score (nSPS) is 18.0. The maximum Gasteiger partial charge on any atom is 0.271 e. The summed E-state index contributed by atoms with van der Waals surface area (Å²) in [6, 6.07) is 9.72.